The number of hydrogen-bond acceptors (Lipinski definition) is 3. The van der Waals surface area contributed by atoms with Crippen molar-refractivity contribution in [2.75, 3.05) is 11.1 Å². The summed E-state index contributed by atoms with van der Waals surface area (Å²) in [5.74, 6) is 1.51. The summed E-state index contributed by atoms with van der Waals surface area (Å²) in [5.41, 5.74) is 8.79. The van der Waals surface area contributed by atoms with Crippen LogP contribution in [0.2, 0.25) is 0 Å². The van der Waals surface area contributed by atoms with Crippen LogP contribution >= 0.6 is 0 Å². The molecule has 1 aromatic carbocycles. The number of pyridine rings is 1. The van der Waals surface area contributed by atoms with Gasteiger partial charge in [-0.05, 0) is 36.8 Å². The van der Waals surface area contributed by atoms with E-state index in [2.05, 4.69) is 36.3 Å². The van der Waals surface area contributed by atoms with Crippen molar-refractivity contribution in [3.63, 3.8) is 0 Å². The van der Waals surface area contributed by atoms with Crippen molar-refractivity contribution >= 4 is 22.3 Å². The molecule has 0 amide bonds. The fraction of sp³-hybridized carbons (Fsp3) is 0.438. The Hall–Kier alpha value is -1.77. The van der Waals surface area contributed by atoms with Gasteiger partial charge in [0.25, 0.3) is 0 Å². The van der Waals surface area contributed by atoms with Gasteiger partial charge in [-0.2, -0.15) is 0 Å². The number of benzene rings is 1. The van der Waals surface area contributed by atoms with Gasteiger partial charge in [-0.25, -0.2) is 0 Å². The number of hydrogen-bond donors (Lipinski definition) is 2. The van der Waals surface area contributed by atoms with Crippen LogP contribution in [0.25, 0.3) is 10.9 Å². The monoisotopic (exact) mass is 255 g/mol. The third kappa shape index (κ3) is 2.14. The number of fused-ring (bicyclic) bond motifs is 1. The molecule has 0 spiro atoms. The van der Waals surface area contributed by atoms with E-state index in [1.807, 2.05) is 18.3 Å². The predicted molar refractivity (Wildman–Crippen MR) is 81.1 cm³/mol. The Bertz CT molecular complexity index is 594. The average molecular weight is 255 g/mol. The number of nitrogens with one attached hydrogen (secondary N) is 1. The molecule has 0 aliphatic heterocycles. The number of nitrogen functional groups attached to an aromatic ring is 1. The first kappa shape index (κ1) is 12.3. The van der Waals surface area contributed by atoms with Crippen LogP contribution in [0.5, 0.6) is 0 Å². The first-order valence-electron chi connectivity index (χ1n) is 7.06. The molecular weight excluding hydrogens is 234 g/mol. The molecule has 0 radical (unpaired) electrons. The zero-order chi connectivity index (χ0) is 13.4. The second-order valence-corrected chi connectivity index (χ2v) is 5.77. The summed E-state index contributed by atoms with van der Waals surface area (Å²) in [4.78, 5) is 4.38. The molecule has 1 aliphatic carbocycles. The van der Waals surface area contributed by atoms with Gasteiger partial charge in [0.2, 0.25) is 0 Å². The van der Waals surface area contributed by atoms with Crippen LogP contribution in [0.3, 0.4) is 0 Å². The third-order valence-corrected chi connectivity index (χ3v) is 4.61. The zero-order valence-electron chi connectivity index (χ0n) is 11.6. The van der Waals surface area contributed by atoms with E-state index < -0.39 is 0 Å². The van der Waals surface area contributed by atoms with Crippen molar-refractivity contribution in [3.8, 4) is 0 Å². The van der Waals surface area contributed by atoms with E-state index in [4.69, 9.17) is 5.73 Å². The van der Waals surface area contributed by atoms with Crippen molar-refractivity contribution in [3.05, 3.63) is 30.5 Å². The Morgan fingerprint density at radius 3 is 2.79 bits per heavy atom. The normalized spacial score (nSPS) is 26.7. The molecule has 1 heterocycles. The van der Waals surface area contributed by atoms with Gasteiger partial charge in [0.05, 0.1) is 11.2 Å². The summed E-state index contributed by atoms with van der Waals surface area (Å²) in [5, 5.41) is 4.82. The fourth-order valence-electron chi connectivity index (χ4n) is 3.09. The number of nitrogens with zero attached hydrogens (tertiary/aromatic N) is 1. The highest BCUT2D eigenvalue weighted by atomic mass is 14.9. The molecule has 3 nitrogen and oxygen atoms in total. The number of aromatic nitrogens is 1. The summed E-state index contributed by atoms with van der Waals surface area (Å²) >= 11 is 0. The molecule has 19 heavy (non-hydrogen) atoms. The molecule has 100 valence electrons. The molecule has 2 aromatic rings. The maximum atomic E-state index is 5.99. The van der Waals surface area contributed by atoms with Gasteiger partial charge in [0.1, 0.15) is 0 Å². The third-order valence-electron chi connectivity index (χ3n) is 4.61. The van der Waals surface area contributed by atoms with Gasteiger partial charge in [0, 0.05) is 23.3 Å². The predicted octanol–water partition coefficient (Wildman–Crippen LogP) is 3.66. The summed E-state index contributed by atoms with van der Waals surface area (Å²) in [6.45, 7) is 4.68. The summed E-state index contributed by atoms with van der Waals surface area (Å²) < 4.78 is 0. The SMILES string of the molecule is CC1CCC(Nc2ccnc3c(N)cccc23)C1C. The summed E-state index contributed by atoms with van der Waals surface area (Å²) in [6, 6.07) is 8.59. The molecular formula is C16H21N3. The first-order chi connectivity index (χ1) is 9.16. The highest BCUT2D eigenvalue weighted by Crippen LogP contribution is 2.35. The van der Waals surface area contributed by atoms with E-state index in [0.717, 1.165) is 28.2 Å². The Labute approximate surface area is 114 Å². The van der Waals surface area contributed by atoms with Crippen LogP contribution in [0, 0.1) is 11.8 Å². The molecule has 3 heteroatoms. The lowest BCUT2D eigenvalue weighted by atomic mass is 9.97. The standard InChI is InChI=1S/C16H21N3/c1-10-6-7-14(11(10)2)19-15-8-9-18-16-12(15)4-3-5-13(16)17/h3-5,8-11,14H,6-7,17H2,1-2H3,(H,18,19). The van der Waals surface area contributed by atoms with E-state index >= 15 is 0 Å². The first-order valence-corrected chi connectivity index (χ1v) is 7.06. The minimum absolute atomic E-state index is 0.557. The van der Waals surface area contributed by atoms with Crippen LogP contribution in [-0.4, -0.2) is 11.0 Å². The average Bonchev–Trinajstić information content (AvgIpc) is 2.72. The second-order valence-electron chi connectivity index (χ2n) is 5.77. The minimum atomic E-state index is 0.557. The van der Waals surface area contributed by atoms with E-state index in [0.29, 0.717) is 12.0 Å². The van der Waals surface area contributed by atoms with Crippen molar-refractivity contribution in [2.45, 2.75) is 32.7 Å². The molecule has 1 aromatic heterocycles. The Morgan fingerprint density at radius 2 is 2.05 bits per heavy atom. The van der Waals surface area contributed by atoms with Crippen LogP contribution < -0.4 is 11.1 Å². The Balaban J connectivity index is 1.95. The van der Waals surface area contributed by atoms with Crippen molar-refractivity contribution in [1.82, 2.24) is 4.98 Å². The van der Waals surface area contributed by atoms with Crippen LogP contribution in [0.15, 0.2) is 30.5 Å². The molecule has 1 fully saturated rings. The van der Waals surface area contributed by atoms with Gasteiger partial charge in [-0.3, -0.25) is 4.98 Å². The topological polar surface area (TPSA) is 50.9 Å². The van der Waals surface area contributed by atoms with Gasteiger partial charge >= 0.3 is 0 Å². The quantitative estimate of drug-likeness (QED) is 0.805. The molecule has 1 aliphatic rings. The lowest BCUT2D eigenvalue weighted by Gasteiger charge is -2.21. The maximum absolute atomic E-state index is 5.99. The van der Waals surface area contributed by atoms with Crippen LogP contribution in [0.4, 0.5) is 11.4 Å². The maximum Gasteiger partial charge on any atom is 0.0951 e. The van der Waals surface area contributed by atoms with Crippen molar-refractivity contribution in [2.24, 2.45) is 11.8 Å². The van der Waals surface area contributed by atoms with Crippen molar-refractivity contribution < 1.29 is 0 Å². The number of anilines is 2. The zero-order valence-corrected chi connectivity index (χ0v) is 11.6. The largest absolute Gasteiger partial charge is 0.397 e. The number of nitrogens with two attached hydrogens (primary N) is 1. The lowest BCUT2D eigenvalue weighted by Crippen LogP contribution is -2.24. The molecule has 0 bridgehead atoms. The summed E-state index contributed by atoms with van der Waals surface area (Å²) in [6.07, 6.45) is 4.39. The van der Waals surface area contributed by atoms with Gasteiger partial charge < -0.3 is 11.1 Å². The second kappa shape index (κ2) is 4.72. The Kier molecular flexibility index (Phi) is 3.05. The molecule has 0 saturated heterocycles. The van der Waals surface area contributed by atoms with Crippen LogP contribution in [0.1, 0.15) is 26.7 Å². The van der Waals surface area contributed by atoms with E-state index in [-0.39, 0.29) is 0 Å². The molecule has 3 N–H and O–H groups in total. The molecule has 3 unspecified atom stereocenters. The lowest BCUT2D eigenvalue weighted by molar-refractivity contribution is 0.435. The van der Waals surface area contributed by atoms with E-state index in [9.17, 15) is 0 Å². The minimum Gasteiger partial charge on any atom is -0.397 e. The molecule has 3 rings (SSSR count). The van der Waals surface area contributed by atoms with Crippen molar-refractivity contribution in [1.29, 1.82) is 0 Å². The summed E-state index contributed by atoms with van der Waals surface area (Å²) in [7, 11) is 0. The van der Waals surface area contributed by atoms with E-state index in [1.165, 1.54) is 12.8 Å². The number of para-hydroxylation sites is 1. The highest BCUT2D eigenvalue weighted by molar-refractivity contribution is 5.97. The molecule has 1 saturated carbocycles. The van der Waals surface area contributed by atoms with E-state index in [1.54, 1.807) is 0 Å². The number of rotatable bonds is 2. The molecule has 3 atom stereocenters. The van der Waals surface area contributed by atoms with Crippen LogP contribution in [-0.2, 0) is 0 Å². The van der Waals surface area contributed by atoms with Gasteiger partial charge in [-0.15, -0.1) is 0 Å². The Morgan fingerprint density at radius 1 is 1.21 bits per heavy atom. The fourth-order valence-corrected chi connectivity index (χ4v) is 3.09. The van der Waals surface area contributed by atoms with Gasteiger partial charge in [-0.1, -0.05) is 26.0 Å². The smallest absolute Gasteiger partial charge is 0.0951 e. The van der Waals surface area contributed by atoms with Gasteiger partial charge in [0.15, 0.2) is 0 Å². The highest BCUT2D eigenvalue weighted by Gasteiger charge is 2.29.